The summed E-state index contributed by atoms with van der Waals surface area (Å²) in [6.07, 6.45) is 5.05. The molecule has 33 heavy (non-hydrogen) atoms. The van der Waals surface area contributed by atoms with Gasteiger partial charge in [-0.25, -0.2) is 4.68 Å². The van der Waals surface area contributed by atoms with Crippen LogP contribution < -0.4 is 5.32 Å². The third-order valence-electron chi connectivity index (χ3n) is 6.30. The van der Waals surface area contributed by atoms with Gasteiger partial charge in [0.25, 0.3) is 5.91 Å². The first-order chi connectivity index (χ1) is 16.2. The lowest BCUT2D eigenvalue weighted by Gasteiger charge is -2.31. The minimum atomic E-state index is -0.0780. The monoisotopic (exact) mass is 438 g/mol. The summed E-state index contributed by atoms with van der Waals surface area (Å²) in [4.78, 5) is 27.7. The number of carbonyl (C=O) groups excluding carboxylic acids is 2. The summed E-state index contributed by atoms with van der Waals surface area (Å²) >= 11 is 0. The molecule has 0 bridgehead atoms. The third-order valence-corrected chi connectivity index (χ3v) is 6.30. The lowest BCUT2D eigenvalue weighted by atomic mass is 9.94. The van der Waals surface area contributed by atoms with Crippen molar-refractivity contribution in [3.63, 3.8) is 0 Å². The molecule has 1 aromatic heterocycles. The van der Waals surface area contributed by atoms with E-state index >= 15 is 0 Å². The van der Waals surface area contributed by atoms with Gasteiger partial charge in [0.05, 0.1) is 11.9 Å². The molecule has 6 heteroatoms. The highest BCUT2D eigenvalue weighted by Crippen LogP contribution is 2.24. The van der Waals surface area contributed by atoms with Crippen LogP contribution in [0.2, 0.25) is 0 Å². The number of nitrogens with one attached hydrogen (secondary N) is 1. The Morgan fingerprint density at radius 1 is 0.909 bits per heavy atom. The molecule has 0 atom stereocenters. The highest BCUT2D eigenvalue weighted by molar-refractivity contribution is 6.07. The maximum Gasteiger partial charge on any atom is 0.254 e. The SMILES string of the molecule is O=C(NCc1cnn(-c2ccccc2)c1)C1CCN(C(=O)c2cccc3ccccc23)CC1. The molecule has 1 aliphatic heterocycles. The lowest BCUT2D eigenvalue weighted by Crippen LogP contribution is -2.43. The zero-order chi connectivity index (χ0) is 22.6. The normalized spacial score (nSPS) is 14.4. The summed E-state index contributed by atoms with van der Waals surface area (Å²) in [5, 5.41) is 9.45. The van der Waals surface area contributed by atoms with Crippen LogP contribution in [-0.2, 0) is 11.3 Å². The largest absolute Gasteiger partial charge is 0.352 e. The Labute approximate surface area is 192 Å². The van der Waals surface area contributed by atoms with Gasteiger partial charge >= 0.3 is 0 Å². The summed E-state index contributed by atoms with van der Waals surface area (Å²) < 4.78 is 1.80. The first-order valence-corrected chi connectivity index (χ1v) is 11.3. The number of fused-ring (bicyclic) bond motifs is 1. The van der Waals surface area contributed by atoms with E-state index < -0.39 is 0 Å². The number of piperidine rings is 1. The summed E-state index contributed by atoms with van der Waals surface area (Å²) in [6.45, 7) is 1.62. The van der Waals surface area contributed by atoms with Gasteiger partial charge in [0.15, 0.2) is 0 Å². The van der Waals surface area contributed by atoms with Crippen molar-refractivity contribution in [3.05, 3.63) is 96.3 Å². The summed E-state index contributed by atoms with van der Waals surface area (Å²) in [6, 6.07) is 23.7. The predicted octanol–water partition coefficient (Wildman–Crippen LogP) is 4.19. The molecule has 1 N–H and O–H groups in total. The van der Waals surface area contributed by atoms with Gasteiger partial charge in [-0.05, 0) is 41.8 Å². The van der Waals surface area contributed by atoms with Gasteiger partial charge in [-0.3, -0.25) is 9.59 Å². The van der Waals surface area contributed by atoms with Crippen molar-refractivity contribution in [2.45, 2.75) is 19.4 Å². The Morgan fingerprint density at radius 3 is 2.45 bits per heavy atom. The van der Waals surface area contributed by atoms with Gasteiger partial charge in [-0.2, -0.15) is 5.10 Å². The van der Waals surface area contributed by atoms with Gasteiger partial charge in [-0.1, -0.05) is 54.6 Å². The van der Waals surface area contributed by atoms with E-state index in [0.717, 1.165) is 27.6 Å². The topological polar surface area (TPSA) is 67.2 Å². The van der Waals surface area contributed by atoms with Crippen LogP contribution >= 0.6 is 0 Å². The van der Waals surface area contributed by atoms with Crippen molar-refractivity contribution in [1.29, 1.82) is 0 Å². The van der Waals surface area contributed by atoms with Crippen molar-refractivity contribution in [1.82, 2.24) is 20.0 Å². The number of amides is 2. The van der Waals surface area contributed by atoms with Crippen LogP contribution in [0.4, 0.5) is 0 Å². The van der Waals surface area contributed by atoms with Crippen molar-refractivity contribution in [3.8, 4) is 5.69 Å². The minimum absolute atomic E-state index is 0.0407. The molecule has 2 heterocycles. The molecule has 2 amide bonds. The molecule has 0 unspecified atom stereocenters. The zero-order valence-electron chi connectivity index (χ0n) is 18.4. The van der Waals surface area contributed by atoms with Gasteiger partial charge < -0.3 is 10.2 Å². The number of benzene rings is 3. The number of nitrogens with zero attached hydrogens (tertiary/aromatic N) is 3. The molecule has 0 aliphatic carbocycles. The lowest BCUT2D eigenvalue weighted by molar-refractivity contribution is -0.126. The molecule has 1 aliphatic rings. The fourth-order valence-electron chi connectivity index (χ4n) is 4.43. The van der Waals surface area contributed by atoms with Crippen LogP contribution in [0, 0.1) is 5.92 Å². The molecule has 1 fully saturated rings. The fraction of sp³-hybridized carbons (Fsp3) is 0.222. The second-order valence-corrected chi connectivity index (χ2v) is 8.44. The highest BCUT2D eigenvalue weighted by atomic mass is 16.2. The number of likely N-dealkylation sites (tertiary alicyclic amines) is 1. The van der Waals surface area contributed by atoms with Crippen LogP contribution in [0.5, 0.6) is 0 Å². The fourth-order valence-corrected chi connectivity index (χ4v) is 4.43. The predicted molar refractivity (Wildman–Crippen MR) is 128 cm³/mol. The number of hydrogen-bond acceptors (Lipinski definition) is 3. The van der Waals surface area contributed by atoms with E-state index in [1.807, 2.05) is 83.9 Å². The number of carbonyl (C=O) groups is 2. The number of hydrogen-bond donors (Lipinski definition) is 1. The van der Waals surface area contributed by atoms with E-state index in [2.05, 4.69) is 10.4 Å². The molecular weight excluding hydrogens is 412 g/mol. The van der Waals surface area contributed by atoms with Gasteiger partial charge in [-0.15, -0.1) is 0 Å². The third kappa shape index (κ3) is 4.51. The van der Waals surface area contributed by atoms with Gasteiger partial charge in [0, 0.05) is 42.9 Å². The van der Waals surface area contributed by atoms with Crippen LogP contribution in [0.1, 0.15) is 28.8 Å². The Bertz CT molecular complexity index is 1270. The van der Waals surface area contributed by atoms with E-state index in [4.69, 9.17) is 0 Å². The first-order valence-electron chi connectivity index (χ1n) is 11.3. The van der Waals surface area contributed by atoms with Crippen LogP contribution in [0.15, 0.2) is 85.2 Å². The Kier molecular flexibility index (Phi) is 5.89. The Hall–Kier alpha value is -3.93. The second-order valence-electron chi connectivity index (χ2n) is 8.44. The van der Waals surface area contributed by atoms with E-state index in [1.54, 1.807) is 10.9 Å². The molecule has 0 spiro atoms. The van der Waals surface area contributed by atoms with Crippen LogP contribution in [0.25, 0.3) is 16.5 Å². The minimum Gasteiger partial charge on any atom is -0.352 e. The number of para-hydroxylation sites is 1. The standard InChI is InChI=1S/C27H26N4O2/c32-26(28-17-20-18-29-31(19-20)23-9-2-1-3-10-23)22-13-15-30(16-14-22)27(33)25-12-6-8-21-7-4-5-11-24(21)25/h1-12,18-19,22H,13-17H2,(H,28,32). The average molecular weight is 439 g/mol. The molecule has 0 saturated carbocycles. The zero-order valence-corrected chi connectivity index (χ0v) is 18.4. The molecule has 0 radical (unpaired) electrons. The first kappa shape index (κ1) is 20.9. The number of rotatable bonds is 5. The van der Waals surface area contributed by atoms with E-state index in [-0.39, 0.29) is 17.7 Å². The maximum absolute atomic E-state index is 13.1. The van der Waals surface area contributed by atoms with Crippen LogP contribution in [0.3, 0.4) is 0 Å². The smallest absolute Gasteiger partial charge is 0.254 e. The molecule has 4 aromatic rings. The van der Waals surface area contributed by atoms with Crippen molar-refractivity contribution >= 4 is 22.6 Å². The molecular formula is C27H26N4O2. The summed E-state index contributed by atoms with van der Waals surface area (Å²) in [5.41, 5.74) is 2.67. The molecule has 166 valence electrons. The molecule has 5 rings (SSSR count). The average Bonchev–Trinajstić information content (AvgIpc) is 3.36. The van der Waals surface area contributed by atoms with E-state index in [0.29, 0.717) is 32.5 Å². The Morgan fingerprint density at radius 2 is 1.64 bits per heavy atom. The van der Waals surface area contributed by atoms with Crippen molar-refractivity contribution < 1.29 is 9.59 Å². The molecule has 6 nitrogen and oxygen atoms in total. The van der Waals surface area contributed by atoms with Crippen molar-refractivity contribution in [2.24, 2.45) is 5.92 Å². The summed E-state index contributed by atoms with van der Waals surface area (Å²) in [7, 11) is 0. The second kappa shape index (κ2) is 9.28. The number of aromatic nitrogens is 2. The maximum atomic E-state index is 13.1. The van der Waals surface area contributed by atoms with E-state index in [1.165, 1.54) is 0 Å². The van der Waals surface area contributed by atoms with Gasteiger partial charge in [0.2, 0.25) is 5.91 Å². The Balaban J connectivity index is 1.15. The van der Waals surface area contributed by atoms with Crippen molar-refractivity contribution in [2.75, 3.05) is 13.1 Å². The van der Waals surface area contributed by atoms with Crippen LogP contribution in [-0.4, -0.2) is 39.6 Å². The molecule has 3 aromatic carbocycles. The van der Waals surface area contributed by atoms with Gasteiger partial charge in [0.1, 0.15) is 0 Å². The quantitative estimate of drug-likeness (QED) is 0.508. The molecule has 1 saturated heterocycles. The highest BCUT2D eigenvalue weighted by Gasteiger charge is 2.28. The van der Waals surface area contributed by atoms with E-state index in [9.17, 15) is 9.59 Å². The summed E-state index contributed by atoms with van der Waals surface area (Å²) in [5.74, 6) is 0.00411.